The van der Waals surface area contributed by atoms with Gasteiger partial charge in [-0.3, -0.25) is 0 Å². The molecule has 0 aromatic heterocycles. The van der Waals surface area contributed by atoms with E-state index in [0.717, 1.165) is 35.1 Å². The zero-order valence-corrected chi connectivity index (χ0v) is 17.1. The van der Waals surface area contributed by atoms with Gasteiger partial charge < -0.3 is 5.73 Å². The maximum Gasteiger partial charge on any atom is 0.217 e. The number of nitrogens with zero attached hydrogens (tertiary/aromatic N) is 1. The van der Waals surface area contributed by atoms with Crippen LogP contribution in [0.1, 0.15) is 47.1 Å². The molecular weight excluding hydrogens is 391 g/mol. The van der Waals surface area contributed by atoms with Crippen LogP contribution in [-0.4, -0.2) is 26.8 Å². The third-order valence-corrected chi connectivity index (χ3v) is 7.49. The first kappa shape index (κ1) is 19.6. The molecule has 0 fully saturated rings. The predicted molar refractivity (Wildman–Crippen MR) is 107 cm³/mol. The van der Waals surface area contributed by atoms with Gasteiger partial charge in [0.25, 0.3) is 0 Å². The summed E-state index contributed by atoms with van der Waals surface area (Å²) in [5, 5.41) is 1.07. The molecule has 0 bridgehead atoms. The average Bonchev–Trinajstić information content (AvgIpc) is 2.58. The summed E-state index contributed by atoms with van der Waals surface area (Å²) in [6.07, 6.45) is 1.75. The highest BCUT2D eigenvalue weighted by Crippen LogP contribution is 2.42. The normalized spacial score (nSPS) is 20.2. The molecule has 0 radical (unpaired) electrons. The molecule has 2 aromatic rings. The van der Waals surface area contributed by atoms with E-state index in [-0.39, 0.29) is 17.7 Å². The fraction of sp³-hybridized carbons (Fsp3) is 0.368. The Kier molecular flexibility index (Phi) is 5.66. The second-order valence-electron chi connectivity index (χ2n) is 6.91. The van der Waals surface area contributed by atoms with Gasteiger partial charge in [0.15, 0.2) is 0 Å². The topological polar surface area (TPSA) is 63.4 Å². The SMILES string of the molecule is CN(C)S(=O)(=O)Cc1ccc2c(c1)C(N)CC[C@H]2c1ccc(Cl)c(Cl)c1. The highest BCUT2D eigenvalue weighted by Gasteiger charge is 2.27. The van der Waals surface area contributed by atoms with Gasteiger partial charge in [0.2, 0.25) is 10.0 Å². The molecule has 2 atom stereocenters. The molecule has 0 aliphatic heterocycles. The highest BCUT2D eigenvalue weighted by molar-refractivity contribution is 7.88. The van der Waals surface area contributed by atoms with Crippen LogP contribution >= 0.6 is 23.2 Å². The van der Waals surface area contributed by atoms with E-state index in [1.807, 2.05) is 36.4 Å². The summed E-state index contributed by atoms with van der Waals surface area (Å²) in [4.78, 5) is 0. The Labute approximate surface area is 165 Å². The molecule has 1 aliphatic rings. The number of sulfonamides is 1. The van der Waals surface area contributed by atoms with Crippen molar-refractivity contribution in [3.63, 3.8) is 0 Å². The minimum Gasteiger partial charge on any atom is -0.324 e. The molecule has 1 unspecified atom stereocenters. The molecule has 3 rings (SSSR count). The van der Waals surface area contributed by atoms with Crippen molar-refractivity contribution in [1.29, 1.82) is 0 Å². The summed E-state index contributed by atoms with van der Waals surface area (Å²) in [5.41, 5.74) is 10.3. The summed E-state index contributed by atoms with van der Waals surface area (Å²) >= 11 is 12.2. The summed E-state index contributed by atoms with van der Waals surface area (Å²) in [6, 6.07) is 11.4. The van der Waals surface area contributed by atoms with Crippen LogP contribution in [0.25, 0.3) is 0 Å². The number of rotatable bonds is 4. The van der Waals surface area contributed by atoms with Crippen LogP contribution in [0.3, 0.4) is 0 Å². The second-order valence-corrected chi connectivity index (χ2v) is 9.91. The third kappa shape index (κ3) is 3.92. The van der Waals surface area contributed by atoms with Crippen LogP contribution in [-0.2, 0) is 15.8 Å². The van der Waals surface area contributed by atoms with E-state index in [9.17, 15) is 8.42 Å². The van der Waals surface area contributed by atoms with Gasteiger partial charge >= 0.3 is 0 Å². The van der Waals surface area contributed by atoms with E-state index >= 15 is 0 Å². The van der Waals surface area contributed by atoms with E-state index in [1.165, 1.54) is 4.31 Å². The lowest BCUT2D eigenvalue weighted by atomic mass is 9.76. The molecule has 0 saturated heterocycles. The van der Waals surface area contributed by atoms with Crippen LogP contribution < -0.4 is 5.73 Å². The average molecular weight is 413 g/mol. The highest BCUT2D eigenvalue weighted by atomic mass is 35.5. The Morgan fingerprint density at radius 1 is 1.04 bits per heavy atom. The summed E-state index contributed by atoms with van der Waals surface area (Å²) in [7, 11) is -0.228. The van der Waals surface area contributed by atoms with Gasteiger partial charge in [-0.2, -0.15) is 0 Å². The van der Waals surface area contributed by atoms with Crippen LogP contribution in [0.2, 0.25) is 10.0 Å². The zero-order valence-electron chi connectivity index (χ0n) is 14.7. The molecule has 140 valence electrons. The lowest BCUT2D eigenvalue weighted by molar-refractivity contribution is 0.518. The number of benzene rings is 2. The van der Waals surface area contributed by atoms with Crippen molar-refractivity contribution in [1.82, 2.24) is 4.31 Å². The molecule has 0 spiro atoms. The van der Waals surface area contributed by atoms with Crippen molar-refractivity contribution in [2.24, 2.45) is 5.73 Å². The molecule has 0 heterocycles. The van der Waals surface area contributed by atoms with Gasteiger partial charge in [-0.1, -0.05) is 47.5 Å². The molecule has 2 N–H and O–H groups in total. The molecule has 1 aliphatic carbocycles. The smallest absolute Gasteiger partial charge is 0.217 e. The number of hydrogen-bond donors (Lipinski definition) is 1. The van der Waals surface area contributed by atoms with Crippen molar-refractivity contribution in [3.05, 3.63) is 68.7 Å². The van der Waals surface area contributed by atoms with Crippen molar-refractivity contribution < 1.29 is 8.42 Å². The van der Waals surface area contributed by atoms with Gasteiger partial charge in [0.1, 0.15) is 0 Å². The lowest BCUT2D eigenvalue weighted by Gasteiger charge is -2.31. The fourth-order valence-corrected chi connectivity index (χ4v) is 4.59. The van der Waals surface area contributed by atoms with Gasteiger partial charge in [0, 0.05) is 26.1 Å². The molecule has 4 nitrogen and oxygen atoms in total. The summed E-state index contributed by atoms with van der Waals surface area (Å²) in [6.45, 7) is 0. The predicted octanol–water partition coefficient (Wildman–Crippen LogP) is 4.31. The first-order chi connectivity index (χ1) is 12.2. The van der Waals surface area contributed by atoms with E-state index in [0.29, 0.717) is 10.0 Å². The van der Waals surface area contributed by atoms with Crippen molar-refractivity contribution in [2.75, 3.05) is 14.1 Å². The monoisotopic (exact) mass is 412 g/mol. The first-order valence-electron chi connectivity index (χ1n) is 8.42. The minimum absolute atomic E-state index is 0.0303. The van der Waals surface area contributed by atoms with Crippen LogP contribution in [0.15, 0.2) is 36.4 Å². The number of halogens is 2. The van der Waals surface area contributed by atoms with Crippen LogP contribution in [0, 0.1) is 0 Å². The van der Waals surface area contributed by atoms with Crippen molar-refractivity contribution >= 4 is 33.2 Å². The quantitative estimate of drug-likeness (QED) is 0.813. The van der Waals surface area contributed by atoms with Gasteiger partial charge in [-0.15, -0.1) is 0 Å². The van der Waals surface area contributed by atoms with E-state index in [1.54, 1.807) is 14.1 Å². The van der Waals surface area contributed by atoms with Gasteiger partial charge in [-0.05, 0) is 47.2 Å². The Balaban J connectivity index is 1.99. The van der Waals surface area contributed by atoms with Crippen LogP contribution in [0.5, 0.6) is 0 Å². The molecule has 26 heavy (non-hydrogen) atoms. The third-order valence-electron chi connectivity index (χ3n) is 4.94. The largest absolute Gasteiger partial charge is 0.324 e. The van der Waals surface area contributed by atoms with E-state index in [4.69, 9.17) is 28.9 Å². The van der Waals surface area contributed by atoms with Crippen molar-refractivity contribution in [3.8, 4) is 0 Å². The van der Waals surface area contributed by atoms with Gasteiger partial charge in [0.05, 0.1) is 15.8 Å². The lowest BCUT2D eigenvalue weighted by Crippen LogP contribution is -2.25. The minimum atomic E-state index is -3.31. The maximum absolute atomic E-state index is 12.2. The molecule has 2 aromatic carbocycles. The summed E-state index contributed by atoms with van der Waals surface area (Å²) in [5.74, 6) is 0.149. The second kappa shape index (κ2) is 7.49. The van der Waals surface area contributed by atoms with E-state index in [2.05, 4.69) is 0 Å². The van der Waals surface area contributed by atoms with E-state index < -0.39 is 10.0 Å². The standard InChI is InChI=1S/C19H22Cl2N2O2S/c1-23(2)26(24,25)11-12-3-5-15-14(6-8-19(22)16(15)9-12)13-4-7-17(20)18(21)10-13/h3-5,7,9-10,14,19H,6,8,11,22H2,1-2H3/t14-,19?/m0/s1. The molecule has 0 saturated carbocycles. The Bertz CT molecular complexity index is 929. The number of nitrogens with two attached hydrogens (primary N) is 1. The Hall–Kier alpha value is -1.11. The zero-order chi connectivity index (χ0) is 19.1. The summed E-state index contributed by atoms with van der Waals surface area (Å²) < 4.78 is 25.6. The molecule has 0 amide bonds. The number of hydrogen-bond acceptors (Lipinski definition) is 3. The fourth-order valence-electron chi connectivity index (χ4n) is 3.42. The number of fused-ring (bicyclic) bond motifs is 1. The van der Waals surface area contributed by atoms with Crippen molar-refractivity contribution in [2.45, 2.75) is 30.6 Å². The van der Waals surface area contributed by atoms with Gasteiger partial charge in [-0.25, -0.2) is 12.7 Å². The molecule has 7 heteroatoms. The maximum atomic E-state index is 12.2. The van der Waals surface area contributed by atoms with Crippen LogP contribution in [0.4, 0.5) is 0 Å². The first-order valence-corrected chi connectivity index (χ1v) is 10.8. The Morgan fingerprint density at radius 3 is 2.42 bits per heavy atom. The molecular formula is C19H22Cl2N2O2S. The Morgan fingerprint density at radius 2 is 1.77 bits per heavy atom.